The first-order chi connectivity index (χ1) is 19.0. The molecule has 0 aliphatic carbocycles. The Morgan fingerprint density at radius 1 is 1.00 bits per heavy atom. The average molecular weight is 549 g/mol. The van der Waals surface area contributed by atoms with Gasteiger partial charge in [-0.15, -0.1) is 11.3 Å². The summed E-state index contributed by atoms with van der Waals surface area (Å²) in [5.41, 5.74) is 2.64. The number of thiophene rings is 1. The lowest BCUT2D eigenvalue weighted by Gasteiger charge is -2.17. The van der Waals surface area contributed by atoms with E-state index < -0.39 is 0 Å². The zero-order valence-corrected chi connectivity index (χ0v) is 23.7. The van der Waals surface area contributed by atoms with Crippen molar-refractivity contribution in [1.82, 2.24) is 19.4 Å². The van der Waals surface area contributed by atoms with E-state index in [0.717, 1.165) is 49.2 Å². The van der Waals surface area contributed by atoms with Gasteiger partial charge < -0.3 is 9.30 Å². The molecule has 0 saturated carbocycles. The number of imidazole rings is 1. The van der Waals surface area contributed by atoms with E-state index in [-0.39, 0.29) is 17.9 Å². The summed E-state index contributed by atoms with van der Waals surface area (Å²) in [6, 6.07) is 11.1. The molecule has 1 fully saturated rings. The quantitative estimate of drug-likeness (QED) is 0.154. The van der Waals surface area contributed by atoms with Gasteiger partial charge in [0.1, 0.15) is 11.5 Å². The minimum Gasteiger partial charge on any atom is -0.465 e. The number of carbonyl (C=O) groups excluding carboxylic acids is 3. The van der Waals surface area contributed by atoms with Crippen LogP contribution in [0, 0.1) is 0 Å². The Bertz CT molecular complexity index is 1310. The minimum atomic E-state index is -0.377. The van der Waals surface area contributed by atoms with Crippen molar-refractivity contribution in [3.63, 3.8) is 0 Å². The molecule has 1 aromatic carbocycles. The SMILES string of the molecule is CCCCc1ncc(C=C2C(=O)N(CCCC)C(=O)N2CCc2cccs2)n1Cc1ccc(C(=O)OC)cc1. The number of urea groups is 1. The van der Waals surface area contributed by atoms with E-state index >= 15 is 0 Å². The van der Waals surface area contributed by atoms with Crippen LogP contribution in [0.4, 0.5) is 4.79 Å². The van der Waals surface area contributed by atoms with Crippen LogP contribution in [0.3, 0.4) is 0 Å². The van der Waals surface area contributed by atoms with Crippen molar-refractivity contribution >= 4 is 35.3 Å². The maximum absolute atomic E-state index is 13.5. The molecule has 1 aliphatic heterocycles. The van der Waals surface area contributed by atoms with Crippen molar-refractivity contribution in [3.8, 4) is 0 Å². The first-order valence-corrected chi connectivity index (χ1v) is 14.4. The highest BCUT2D eigenvalue weighted by Crippen LogP contribution is 2.26. The van der Waals surface area contributed by atoms with Crippen LogP contribution in [0.25, 0.3) is 6.08 Å². The molecule has 3 aromatic rings. The van der Waals surface area contributed by atoms with Crippen molar-refractivity contribution in [3.05, 3.63) is 81.2 Å². The van der Waals surface area contributed by atoms with E-state index in [4.69, 9.17) is 9.72 Å². The summed E-state index contributed by atoms with van der Waals surface area (Å²) in [7, 11) is 1.36. The normalized spacial score (nSPS) is 14.6. The predicted octanol–water partition coefficient (Wildman–Crippen LogP) is 5.77. The van der Waals surface area contributed by atoms with Crippen molar-refractivity contribution in [1.29, 1.82) is 0 Å². The molecule has 0 bridgehead atoms. The van der Waals surface area contributed by atoms with Crippen LogP contribution in [0.1, 0.15) is 71.8 Å². The van der Waals surface area contributed by atoms with Crippen molar-refractivity contribution < 1.29 is 19.1 Å². The fourth-order valence-corrected chi connectivity index (χ4v) is 5.28. The fourth-order valence-electron chi connectivity index (χ4n) is 4.58. The Labute approximate surface area is 233 Å². The molecule has 0 N–H and O–H groups in total. The summed E-state index contributed by atoms with van der Waals surface area (Å²) in [6.07, 6.45) is 8.77. The number of ether oxygens (including phenoxy) is 1. The second kappa shape index (κ2) is 13.4. The van der Waals surface area contributed by atoms with Gasteiger partial charge in [0.05, 0.1) is 24.6 Å². The summed E-state index contributed by atoms with van der Waals surface area (Å²) in [5, 5.41) is 2.02. The highest BCUT2D eigenvalue weighted by Gasteiger charge is 2.40. The molecule has 2 aromatic heterocycles. The van der Waals surface area contributed by atoms with Crippen molar-refractivity contribution in [2.75, 3.05) is 20.2 Å². The maximum Gasteiger partial charge on any atom is 0.337 e. The van der Waals surface area contributed by atoms with Gasteiger partial charge in [-0.25, -0.2) is 14.6 Å². The minimum absolute atomic E-state index is 0.257. The number of esters is 1. The Morgan fingerprint density at radius 2 is 1.77 bits per heavy atom. The summed E-state index contributed by atoms with van der Waals surface area (Å²) in [6.45, 7) is 5.56. The summed E-state index contributed by atoms with van der Waals surface area (Å²) in [5.74, 6) is 0.285. The molecular weight excluding hydrogens is 512 g/mol. The molecule has 8 nitrogen and oxygen atoms in total. The van der Waals surface area contributed by atoms with Crippen LogP contribution in [-0.4, -0.2) is 57.5 Å². The molecule has 9 heteroatoms. The number of unbranched alkanes of at least 4 members (excludes halogenated alkanes) is 2. The van der Waals surface area contributed by atoms with Gasteiger partial charge in [-0.05, 0) is 54.5 Å². The molecule has 1 aliphatic rings. The van der Waals surface area contributed by atoms with Crippen molar-refractivity contribution in [2.24, 2.45) is 0 Å². The highest BCUT2D eigenvalue weighted by molar-refractivity contribution is 7.09. The molecule has 3 amide bonds. The van der Waals surface area contributed by atoms with E-state index in [9.17, 15) is 14.4 Å². The zero-order chi connectivity index (χ0) is 27.8. The van der Waals surface area contributed by atoms with E-state index in [2.05, 4.69) is 11.5 Å². The molecule has 0 atom stereocenters. The van der Waals surface area contributed by atoms with Crippen molar-refractivity contribution in [2.45, 2.75) is 58.9 Å². The number of nitrogens with zero attached hydrogens (tertiary/aromatic N) is 4. The van der Waals surface area contributed by atoms with E-state index in [0.29, 0.717) is 37.3 Å². The monoisotopic (exact) mass is 548 g/mol. The number of amides is 3. The second-order valence-electron chi connectivity index (χ2n) is 9.58. The zero-order valence-electron chi connectivity index (χ0n) is 22.9. The Morgan fingerprint density at radius 3 is 2.44 bits per heavy atom. The summed E-state index contributed by atoms with van der Waals surface area (Å²) < 4.78 is 6.91. The maximum atomic E-state index is 13.5. The molecule has 0 radical (unpaired) electrons. The molecule has 3 heterocycles. The smallest absolute Gasteiger partial charge is 0.337 e. The van der Waals surface area contributed by atoms with Gasteiger partial charge in [-0.1, -0.05) is 44.9 Å². The Hall–Kier alpha value is -3.72. The number of aromatic nitrogens is 2. The van der Waals surface area contributed by atoms with Gasteiger partial charge in [0.25, 0.3) is 5.91 Å². The number of methoxy groups -OCH3 is 1. The van der Waals surface area contributed by atoms with Gasteiger partial charge in [-0.3, -0.25) is 14.6 Å². The number of imide groups is 1. The van der Waals surface area contributed by atoms with Gasteiger partial charge >= 0.3 is 12.0 Å². The molecule has 39 heavy (non-hydrogen) atoms. The summed E-state index contributed by atoms with van der Waals surface area (Å²) >= 11 is 1.65. The second-order valence-corrected chi connectivity index (χ2v) is 10.6. The third kappa shape index (κ3) is 6.65. The third-order valence-corrected chi connectivity index (χ3v) is 7.77. The van der Waals surface area contributed by atoms with Crippen LogP contribution in [-0.2, 0) is 28.9 Å². The fraction of sp³-hybridized carbons (Fsp3) is 0.400. The lowest BCUT2D eigenvalue weighted by atomic mass is 10.1. The van der Waals surface area contributed by atoms with E-state index in [1.54, 1.807) is 34.6 Å². The Kier molecular flexibility index (Phi) is 9.70. The first-order valence-electron chi connectivity index (χ1n) is 13.6. The topological polar surface area (TPSA) is 84.7 Å². The molecule has 206 valence electrons. The molecule has 0 spiro atoms. The van der Waals surface area contributed by atoms with Gasteiger partial charge in [-0.2, -0.15) is 0 Å². The standard InChI is InChI=1S/C30H36N4O4S/c1-4-6-10-27-31-20-24(34(27)21-22-11-13-23(14-12-22)29(36)38-3)19-26-28(35)33(16-7-5-2)30(37)32(26)17-15-25-9-8-18-39-25/h8-9,11-14,18-20H,4-7,10,15-17,21H2,1-3H3. The number of aryl methyl sites for hydroxylation is 1. The molecule has 0 unspecified atom stereocenters. The molecular formula is C30H36N4O4S. The predicted molar refractivity (Wildman–Crippen MR) is 152 cm³/mol. The first kappa shape index (κ1) is 28.3. The average Bonchev–Trinajstić information content (AvgIpc) is 3.66. The van der Waals surface area contributed by atoms with E-state index in [1.165, 1.54) is 16.9 Å². The van der Waals surface area contributed by atoms with Gasteiger partial charge in [0.2, 0.25) is 0 Å². The van der Waals surface area contributed by atoms with Crippen LogP contribution in [0.15, 0.2) is 53.7 Å². The molecule has 1 saturated heterocycles. The van der Waals surface area contributed by atoms with Gasteiger partial charge in [0.15, 0.2) is 0 Å². The third-order valence-electron chi connectivity index (χ3n) is 6.84. The van der Waals surface area contributed by atoms with Crippen LogP contribution >= 0.6 is 11.3 Å². The Balaban J connectivity index is 1.67. The lowest BCUT2D eigenvalue weighted by molar-refractivity contribution is -0.123. The van der Waals surface area contributed by atoms with Crippen LogP contribution in [0.5, 0.6) is 0 Å². The lowest BCUT2D eigenvalue weighted by Crippen LogP contribution is -2.34. The largest absolute Gasteiger partial charge is 0.465 e. The number of carbonyl (C=O) groups is 3. The number of benzene rings is 1. The van der Waals surface area contributed by atoms with E-state index in [1.807, 2.05) is 42.6 Å². The highest BCUT2D eigenvalue weighted by atomic mass is 32.1. The summed E-state index contributed by atoms with van der Waals surface area (Å²) in [4.78, 5) is 47.6. The van der Waals surface area contributed by atoms with Crippen LogP contribution in [0.2, 0.25) is 0 Å². The van der Waals surface area contributed by atoms with Gasteiger partial charge in [0, 0.05) is 30.9 Å². The van der Waals surface area contributed by atoms with Crippen LogP contribution < -0.4 is 0 Å². The number of hydrogen-bond acceptors (Lipinski definition) is 6. The number of hydrogen-bond donors (Lipinski definition) is 0. The number of rotatable bonds is 13. The molecule has 4 rings (SSSR count).